The Bertz CT molecular complexity index is 1220. The smallest absolute Gasteiger partial charge is 0.240 e. The number of carbonyl (C=O) groups is 1. The molecular formula is C23H25N3O4S. The Kier molecular flexibility index (Phi) is 5.84. The van der Waals surface area contributed by atoms with E-state index in [2.05, 4.69) is 10.0 Å². The van der Waals surface area contributed by atoms with Crippen molar-refractivity contribution >= 4 is 38.1 Å². The number of rotatable bonds is 6. The molecule has 8 heteroatoms. The van der Waals surface area contributed by atoms with Crippen LogP contribution >= 0.6 is 0 Å². The zero-order valence-corrected chi connectivity index (χ0v) is 18.3. The summed E-state index contributed by atoms with van der Waals surface area (Å²) in [7, 11) is -3.74. The first kappa shape index (κ1) is 21.1. The number of ether oxygens (including phenoxy) is 1. The van der Waals surface area contributed by atoms with Gasteiger partial charge in [0.2, 0.25) is 15.9 Å². The zero-order valence-electron chi connectivity index (χ0n) is 17.5. The van der Waals surface area contributed by atoms with Crippen molar-refractivity contribution in [1.82, 2.24) is 4.72 Å². The van der Waals surface area contributed by atoms with E-state index in [1.54, 1.807) is 11.0 Å². The average molecular weight is 440 g/mol. The minimum Gasteiger partial charge on any atom is -0.487 e. The van der Waals surface area contributed by atoms with E-state index in [1.807, 2.05) is 49.4 Å². The second-order valence-corrected chi connectivity index (χ2v) is 9.31. The number of anilines is 2. The standard InChI is InChI=1S/C23H25N3O4S/c1-16-15-26(17(2)27)22-14-19(10-11-23(22)30-16)31(28,29)25-13-12-24-21-9-5-7-18-6-3-4-8-20(18)21/h3-11,14,16,24-25H,12-13,15H2,1-2H3. The van der Waals surface area contributed by atoms with Gasteiger partial charge in [-0.3, -0.25) is 4.79 Å². The molecule has 1 heterocycles. The first-order chi connectivity index (χ1) is 14.8. The third-order valence-corrected chi connectivity index (χ3v) is 6.66. The summed E-state index contributed by atoms with van der Waals surface area (Å²) >= 11 is 0. The van der Waals surface area contributed by atoms with Crippen molar-refractivity contribution in [2.45, 2.75) is 24.8 Å². The molecule has 0 saturated carbocycles. The van der Waals surface area contributed by atoms with Crippen molar-refractivity contribution in [3.05, 3.63) is 60.7 Å². The van der Waals surface area contributed by atoms with Crippen LogP contribution in [0, 0.1) is 0 Å². The van der Waals surface area contributed by atoms with E-state index < -0.39 is 10.0 Å². The first-order valence-electron chi connectivity index (χ1n) is 10.2. The number of nitrogens with zero attached hydrogens (tertiary/aromatic N) is 1. The molecule has 1 aliphatic rings. The molecule has 1 unspecified atom stereocenters. The molecule has 0 spiro atoms. The highest BCUT2D eigenvalue weighted by atomic mass is 32.2. The fraction of sp³-hybridized carbons (Fsp3) is 0.261. The maximum Gasteiger partial charge on any atom is 0.240 e. The van der Waals surface area contributed by atoms with Gasteiger partial charge in [-0.15, -0.1) is 0 Å². The van der Waals surface area contributed by atoms with Crippen LogP contribution in [0.1, 0.15) is 13.8 Å². The van der Waals surface area contributed by atoms with E-state index in [9.17, 15) is 13.2 Å². The van der Waals surface area contributed by atoms with E-state index >= 15 is 0 Å². The Labute approximate surface area is 182 Å². The van der Waals surface area contributed by atoms with E-state index in [-0.39, 0.29) is 23.5 Å². The number of fused-ring (bicyclic) bond motifs is 2. The molecular weight excluding hydrogens is 414 g/mol. The maximum absolute atomic E-state index is 12.8. The topological polar surface area (TPSA) is 87.7 Å². The molecule has 0 radical (unpaired) electrons. The van der Waals surface area contributed by atoms with Gasteiger partial charge in [-0.2, -0.15) is 0 Å². The summed E-state index contributed by atoms with van der Waals surface area (Å²) in [5.41, 5.74) is 1.43. The molecule has 3 aromatic rings. The summed E-state index contributed by atoms with van der Waals surface area (Å²) in [5.74, 6) is 0.351. The van der Waals surface area contributed by atoms with Crippen molar-refractivity contribution in [1.29, 1.82) is 0 Å². The van der Waals surface area contributed by atoms with Crippen molar-refractivity contribution in [2.24, 2.45) is 0 Å². The second-order valence-electron chi connectivity index (χ2n) is 7.54. The molecule has 0 fully saturated rings. The van der Waals surface area contributed by atoms with Gasteiger partial charge < -0.3 is 15.0 Å². The highest BCUT2D eigenvalue weighted by Crippen LogP contribution is 2.35. The van der Waals surface area contributed by atoms with Gasteiger partial charge in [0.15, 0.2) is 0 Å². The summed E-state index contributed by atoms with van der Waals surface area (Å²) in [6.45, 7) is 4.35. The highest BCUT2D eigenvalue weighted by molar-refractivity contribution is 7.89. The lowest BCUT2D eigenvalue weighted by Gasteiger charge is -2.33. The number of hydrogen-bond acceptors (Lipinski definition) is 5. The molecule has 0 bridgehead atoms. The van der Waals surface area contributed by atoms with Crippen LogP contribution in [0.3, 0.4) is 0 Å². The molecule has 4 rings (SSSR count). The van der Waals surface area contributed by atoms with Gasteiger partial charge in [-0.05, 0) is 36.6 Å². The van der Waals surface area contributed by atoms with Gasteiger partial charge in [0.1, 0.15) is 11.9 Å². The molecule has 0 aromatic heterocycles. The molecule has 7 nitrogen and oxygen atoms in total. The Hall–Kier alpha value is -3.10. The molecule has 1 amide bonds. The predicted molar refractivity (Wildman–Crippen MR) is 122 cm³/mol. The highest BCUT2D eigenvalue weighted by Gasteiger charge is 2.27. The van der Waals surface area contributed by atoms with Crippen LogP contribution < -0.4 is 19.7 Å². The molecule has 1 atom stereocenters. The molecule has 31 heavy (non-hydrogen) atoms. The normalized spacial score (nSPS) is 15.9. The number of benzene rings is 3. The number of nitrogens with one attached hydrogen (secondary N) is 2. The summed E-state index contributed by atoms with van der Waals surface area (Å²) in [4.78, 5) is 13.6. The fourth-order valence-electron chi connectivity index (χ4n) is 3.73. The van der Waals surface area contributed by atoms with Crippen LogP contribution in [0.2, 0.25) is 0 Å². The van der Waals surface area contributed by atoms with E-state index in [1.165, 1.54) is 19.1 Å². The van der Waals surface area contributed by atoms with Gasteiger partial charge >= 0.3 is 0 Å². The summed E-state index contributed by atoms with van der Waals surface area (Å²) in [6, 6.07) is 18.6. The molecule has 162 valence electrons. The summed E-state index contributed by atoms with van der Waals surface area (Å²) < 4.78 is 34.0. The van der Waals surface area contributed by atoms with Crippen LogP contribution in [-0.4, -0.2) is 40.1 Å². The predicted octanol–water partition coefficient (Wildman–Crippen LogP) is 3.36. The Morgan fingerprint density at radius 2 is 1.87 bits per heavy atom. The lowest BCUT2D eigenvalue weighted by Crippen LogP contribution is -2.41. The van der Waals surface area contributed by atoms with Gasteiger partial charge in [-0.25, -0.2) is 13.1 Å². The minimum absolute atomic E-state index is 0.0980. The monoisotopic (exact) mass is 439 g/mol. The molecule has 0 saturated heterocycles. The molecule has 2 N–H and O–H groups in total. The second kappa shape index (κ2) is 8.56. The van der Waals surface area contributed by atoms with Gasteiger partial charge in [-0.1, -0.05) is 36.4 Å². The SMILES string of the molecule is CC(=O)N1CC(C)Oc2ccc(S(=O)(=O)NCCNc3cccc4ccccc34)cc21. The van der Waals surface area contributed by atoms with Crippen LogP contribution in [0.25, 0.3) is 10.8 Å². The third kappa shape index (κ3) is 4.50. The van der Waals surface area contributed by atoms with Crippen LogP contribution in [0.4, 0.5) is 11.4 Å². The zero-order chi connectivity index (χ0) is 22.0. The van der Waals surface area contributed by atoms with E-state index in [4.69, 9.17) is 4.74 Å². The number of carbonyl (C=O) groups excluding carboxylic acids is 1. The summed E-state index contributed by atoms with van der Waals surface area (Å²) in [5, 5.41) is 5.49. The third-order valence-electron chi connectivity index (χ3n) is 5.20. The lowest BCUT2D eigenvalue weighted by atomic mass is 10.1. The van der Waals surface area contributed by atoms with E-state index in [0.717, 1.165) is 16.5 Å². The van der Waals surface area contributed by atoms with Crippen LogP contribution in [0.5, 0.6) is 5.75 Å². The number of sulfonamides is 1. The maximum atomic E-state index is 12.8. The van der Waals surface area contributed by atoms with Crippen molar-refractivity contribution in [2.75, 3.05) is 29.9 Å². The average Bonchev–Trinajstić information content (AvgIpc) is 2.75. The lowest BCUT2D eigenvalue weighted by molar-refractivity contribution is -0.117. The van der Waals surface area contributed by atoms with Crippen molar-refractivity contribution in [3.63, 3.8) is 0 Å². The van der Waals surface area contributed by atoms with E-state index in [0.29, 0.717) is 24.5 Å². The Morgan fingerprint density at radius 1 is 1.10 bits per heavy atom. The number of amides is 1. The molecule has 1 aliphatic heterocycles. The molecule has 0 aliphatic carbocycles. The largest absolute Gasteiger partial charge is 0.487 e. The van der Waals surface area contributed by atoms with Crippen molar-refractivity contribution < 1.29 is 17.9 Å². The van der Waals surface area contributed by atoms with Crippen LogP contribution in [0.15, 0.2) is 65.6 Å². The fourth-order valence-corrected chi connectivity index (χ4v) is 4.78. The summed E-state index contributed by atoms with van der Waals surface area (Å²) in [6.07, 6.45) is -0.155. The Balaban J connectivity index is 1.45. The van der Waals surface area contributed by atoms with Crippen molar-refractivity contribution in [3.8, 4) is 5.75 Å². The molecule has 3 aromatic carbocycles. The van der Waals surface area contributed by atoms with Gasteiger partial charge in [0.05, 0.1) is 17.1 Å². The van der Waals surface area contributed by atoms with Gasteiger partial charge in [0, 0.05) is 31.1 Å². The minimum atomic E-state index is -3.74. The number of hydrogen-bond donors (Lipinski definition) is 2. The van der Waals surface area contributed by atoms with Crippen LogP contribution in [-0.2, 0) is 14.8 Å². The first-order valence-corrected chi connectivity index (χ1v) is 11.6. The quantitative estimate of drug-likeness (QED) is 0.575. The Morgan fingerprint density at radius 3 is 2.68 bits per heavy atom. The van der Waals surface area contributed by atoms with Gasteiger partial charge in [0.25, 0.3) is 0 Å².